The smallest absolute Gasteiger partial charge is 0.359 e. The van der Waals surface area contributed by atoms with Crippen molar-refractivity contribution >= 4 is 28.3 Å². The van der Waals surface area contributed by atoms with E-state index in [4.69, 9.17) is 4.74 Å². The summed E-state index contributed by atoms with van der Waals surface area (Å²) < 4.78 is 4.99. The van der Waals surface area contributed by atoms with E-state index in [1.807, 2.05) is 17.5 Å². The number of ether oxygens (including phenoxy) is 1. The summed E-state index contributed by atoms with van der Waals surface area (Å²) in [5.41, 5.74) is 1.90. The van der Waals surface area contributed by atoms with E-state index in [0.29, 0.717) is 26.1 Å². The van der Waals surface area contributed by atoms with Gasteiger partial charge >= 0.3 is 12.0 Å². The normalized spacial score (nSPS) is 13.6. The molecule has 2 aromatic rings. The van der Waals surface area contributed by atoms with Gasteiger partial charge < -0.3 is 9.64 Å². The molecule has 3 rings (SSSR count). The number of anilines is 1. The number of fused-ring (bicyclic) bond motifs is 1. The van der Waals surface area contributed by atoms with E-state index in [9.17, 15) is 9.59 Å². The molecule has 0 aromatic carbocycles. The molecule has 0 atom stereocenters. The molecule has 0 saturated carbocycles. The number of hydrogen-bond acceptors (Lipinski definition) is 5. The summed E-state index contributed by atoms with van der Waals surface area (Å²) in [4.78, 5) is 25.8. The lowest BCUT2D eigenvalue weighted by Crippen LogP contribution is -2.39. The Balaban J connectivity index is 1.73. The number of amides is 2. The number of nitrogens with zero attached hydrogens (tertiary/aromatic N) is 2. The Morgan fingerprint density at radius 1 is 1.55 bits per heavy atom. The van der Waals surface area contributed by atoms with Gasteiger partial charge in [0.25, 0.3) is 0 Å². The molecule has 0 spiro atoms. The molecular weight excluding hydrogens is 304 g/mol. The molecule has 0 aliphatic carbocycles. The van der Waals surface area contributed by atoms with Gasteiger partial charge in [0.15, 0.2) is 5.69 Å². The second-order valence-corrected chi connectivity index (χ2v) is 5.78. The van der Waals surface area contributed by atoms with Crippen molar-refractivity contribution in [2.75, 3.05) is 18.5 Å². The molecule has 3 heterocycles. The van der Waals surface area contributed by atoms with Gasteiger partial charge in [0.2, 0.25) is 0 Å². The Kier molecular flexibility index (Phi) is 4.10. The van der Waals surface area contributed by atoms with E-state index in [1.165, 1.54) is 11.3 Å². The molecule has 2 N–H and O–H groups in total. The molecule has 1 aliphatic heterocycles. The number of nitrogens with one attached hydrogen (secondary N) is 2. The monoisotopic (exact) mass is 320 g/mol. The summed E-state index contributed by atoms with van der Waals surface area (Å²) in [5, 5.41) is 12.4. The molecule has 0 fully saturated rings. The first-order chi connectivity index (χ1) is 10.7. The molecule has 1 aliphatic rings. The van der Waals surface area contributed by atoms with Crippen molar-refractivity contribution in [3.05, 3.63) is 34.5 Å². The van der Waals surface area contributed by atoms with Gasteiger partial charge in [-0.05, 0) is 24.4 Å². The number of hydrogen-bond donors (Lipinski definition) is 2. The summed E-state index contributed by atoms with van der Waals surface area (Å²) in [5.74, 6) is -0.458. The maximum atomic E-state index is 12.3. The van der Waals surface area contributed by atoms with Crippen LogP contribution in [0.1, 0.15) is 28.7 Å². The average Bonchev–Trinajstić information content (AvgIpc) is 3.15. The Morgan fingerprint density at radius 2 is 2.41 bits per heavy atom. The van der Waals surface area contributed by atoms with Crippen LogP contribution >= 0.6 is 11.3 Å². The third kappa shape index (κ3) is 2.82. The van der Waals surface area contributed by atoms with Crippen molar-refractivity contribution in [3.8, 4) is 0 Å². The molecular formula is C14H16N4O3S. The van der Waals surface area contributed by atoms with Crippen LogP contribution in [0.15, 0.2) is 17.5 Å². The minimum atomic E-state index is -0.458. The maximum Gasteiger partial charge on any atom is 0.359 e. The molecule has 22 heavy (non-hydrogen) atoms. The predicted molar refractivity (Wildman–Crippen MR) is 82.0 cm³/mol. The molecule has 0 unspecified atom stereocenters. The Hall–Kier alpha value is -2.35. The van der Waals surface area contributed by atoms with Crippen LogP contribution in [0, 0.1) is 0 Å². The fraction of sp³-hybridized carbons (Fsp3) is 0.357. The third-order valence-corrected chi connectivity index (χ3v) is 4.23. The van der Waals surface area contributed by atoms with Crippen LogP contribution in [0.3, 0.4) is 0 Å². The van der Waals surface area contributed by atoms with Gasteiger partial charge in [0.1, 0.15) is 0 Å². The highest BCUT2D eigenvalue weighted by Crippen LogP contribution is 2.22. The SMILES string of the molecule is CCOC(=O)c1n[nH]c2c1CN(C(=O)Nc1cccs1)CC2. The summed E-state index contributed by atoms with van der Waals surface area (Å²) in [6, 6.07) is 3.55. The largest absolute Gasteiger partial charge is 0.461 e. The fourth-order valence-corrected chi connectivity index (χ4v) is 2.98. The summed E-state index contributed by atoms with van der Waals surface area (Å²) in [7, 11) is 0. The zero-order valence-electron chi connectivity index (χ0n) is 12.1. The molecule has 0 saturated heterocycles. The van der Waals surface area contributed by atoms with Crippen molar-refractivity contribution in [1.29, 1.82) is 0 Å². The van der Waals surface area contributed by atoms with E-state index in [-0.39, 0.29) is 11.7 Å². The second kappa shape index (κ2) is 6.18. The van der Waals surface area contributed by atoms with E-state index < -0.39 is 5.97 Å². The van der Waals surface area contributed by atoms with E-state index >= 15 is 0 Å². The van der Waals surface area contributed by atoms with Crippen molar-refractivity contribution < 1.29 is 14.3 Å². The molecule has 0 bridgehead atoms. The number of thiophene rings is 1. The highest BCUT2D eigenvalue weighted by Gasteiger charge is 2.28. The van der Waals surface area contributed by atoms with Crippen molar-refractivity contribution in [2.24, 2.45) is 0 Å². The van der Waals surface area contributed by atoms with E-state index in [1.54, 1.807) is 11.8 Å². The maximum absolute atomic E-state index is 12.3. The Morgan fingerprint density at radius 3 is 3.14 bits per heavy atom. The van der Waals surface area contributed by atoms with Crippen LogP contribution in [-0.2, 0) is 17.7 Å². The Bertz CT molecular complexity index is 680. The van der Waals surface area contributed by atoms with Crippen molar-refractivity contribution in [3.63, 3.8) is 0 Å². The number of aromatic amines is 1. The minimum Gasteiger partial charge on any atom is -0.461 e. The predicted octanol–water partition coefficient (Wildman–Crippen LogP) is 2.24. The summed E-state index contributed by atoms with van der Waals surface area (Å²) in [6.07, 6.45) is 0.638. The van der Waals surface area contributed by atoms with Gasteiger partial charge in [-0.1, -0.05) is 0 Å². The van der Waals surface area contributed by atoms with E-state index in [0.717, 1.165) is 16.3 Å². The molecule has 8 heteroatoms. The number of aromatic nitrogens is 2. The lowest BCUT2D eigenvalue weighted by atomic mass is 10.1. The van der Waals surface area contributed by atoms with Crippen molar-refractivity contribution in [2.45, 2.75) is 19.9 Å². The highest BCUT2D eigenvalue weighted by atomic mass is 32.1. The van der Waals surface area contributed by atoms with E-state index in [2.05, 4.69) is 15.5 Å². The Labute approximate surface area is 131 Å². The number of carbonyl (C=O) groups is 2. The molecule has 116 valence electrons. The zero-order valence-corrected chi connectivity index (χ0v) is 12.9. The third-order valence-electron chi connectivity index (χ3n) is 3.44. The quantitative estimate of drug-likeness (QED) is 0.849. The first-order valence-electron chi connectivity index (χ1n) is 7.01. The van der Waals surface area contributed by atoms with Crippen LogP contribution < -0.4 is 5.32 Å². The van der Waals surface area contributed by atoms with Crippen molar-refractivity contribution in [1.82, 2.24) is 15.1 Å². The molecule has 7 nitrogen and oxygen atoms in total. The summed E-state index contributed by atoms with van der Waals surface area (Å²) in [6.45, 7) is 2.96. The number of esters is 1. The lowest BCUT2D eigenvalue weighted by molar-refractivity contribution is 0.0517. The topological polar surface area (TPSA) is 87.3 Å². The number of rotatable bonds is 3. The first kappa shape index (κ1) is 14.6. The van der Waals surface area contributed by atoms with Crippen LogP contribution in [0.4, 0.5) is 9.80 Å². The fourth-order valence-electron chi connectivity index (χ4n) is 2.37. The van der Waals surface area contributed by atoms with Gasteiger partial charge in [-0.25, -0.2) is 9.59 Å². The molecule has 0 radical (unpaired) electrons. The molecule has 2 aromatic heterocycles. The van der Waals surface area contributed by atoms with Crippen LogP contribution in [0.25, 0.3) is 0 Å². The highest BCUT2D eigenvalue weighted by molar-refractivity contribution is 7.14. The van der Waals surface area contributed by atoms with Gasteiger partial charge in [-0.3, -0.25) is 10.4 Å². The van der Waals surface area contributed by atoms with Crippen LogP contribution in [-0.4, -0.2) is 40.2 Å². The number of H-pyrrole nitrogens is 1. The second-order valence-electron chi connectivity index (χ2n) is 4.83. The zero-order chi connectivity index (χ0) is 15.5. The number of urea groups is 1. The van der Waals surface area contributed by atoms with Gasteiger partial charge in [0, 0.05) is 24.2 Å². The van der Waals surface area contributed by atoms with Gasteiger partial charge in [0.05, 0.1) is 18.2 Å². The van der Waals surface area contributed by atoms with Crippen LogP contribution in [0.2, 0.25) is 0 Å². The lowest BCUT2D eigenvalue weighted by Gasteiger charge is -2.26. The minimum absolute atomic E-state index is 0.177. The molecule has 2 amide bonds. The van der Waals surface area contributed by atoms with Gasteiger partial charge in [-0.2, -0.15) is 5.10 Å². The average molecular weight is 320 g/mol. The first-order valence-corrected chi connectivity index (χ1v) is 7.89. The van der Waals surface area contributed by atoms with Crippen LogP contribution in [0.5, 0.6) is 0 Å². The number of carbonyl (C=O) groups excluding carboxylic acids is 2. The summed E-state index contributed by atoms with van der Waals surface area (Å²) >= 11 is 1.47. The van der Waals surface area contributed by atoms with Gasteiger partial charge in [-0.15, -0.1) is 11.3 Å². The standard InChI is InChI=1S/C14H16N4O3S/c1-2-21-13(19)12-9-8-18(6-5-10(9)16-17-12)14(20)15-11-4-3-7-22-11/h3-4,7H,2,5-6,8H2,1H3,(H,15,20)(H,16,17).